The number of rotatable bonds is 4. The van der Waals surface area contributed by atoms with E-state index >= 15 is 0 Å². The van der Waals surface area contributed by atoms with E-state index in [0.29, 0.717) is 0 Å². The van der Waals surface area contributed by atoms with Crippen LogP contribution in [0.4, 0.5) is 5.82 Å². The van der Waals surface area contributed by atoms with Crippen LogP contribution in [0.1, 0.15) is 24.0 Å². The summed E-state index contributed by atoms with van der Waals surface area (Å²) < 4.78 is 2.01. The molecule has 2 aromatic heterocycles. The fourth-order valence-electron chi connectivity index (χ4n) is 1.73. The number of anilines is 1. The third kappa shape index (κ3) is 2.43. The van der Waals surface area contributed by atoms with Gasteiger partial charge in [0.1, 0.15) is 18.0 Å². The Labute approximate surface area is 101 Å². The van der Waals surface area contributed by atoms with E-state index in [0.717, 1.165) is 35.9 Å². The molecule has 1 N–H and O–H groups in total. The number of hydrogen-bond acceptors (Lipinski definition) is 4. The Morgan fingerprint density at radius 2 is 2.12 bits per heavy atom. The minimum Gasteiger partial charge on any atom is -0.370 e. The second-order valence-corrected chi connectivity index (χ2v) is 3.96. The van der Waals surface area contributed by atoms with E-state index in [2.05, 4.69) is 27.2 Å². The van der Waals surface area contributed by atoms with Gasteiger partial charge in [0, 0.05) is 38.0 Å². The van der Waals surface area contributed by atoms with Gasteiger partial charge in [0.15, 0.2) is 0 Å². The Balaban J connectivity index is 2.27. The maximum Gasteiger partial charge on any atom is 0.132 e. The lowest BCUT2D eigenvalue weighted by Gasteiger charge is -2.09. The second kappa shape index (κ2) is 4.95. The normalized spacial score (nSPS) is 10.5. The smallest absolute Gasteiger partial charge is 0.132 e. The van der Waals surface area contributed by atoms with Crippen LogP contribution in [0.25, 0.3) is 0 Å². The molecule has 2 aromatic rings. The molecule has 2 rings (SSSR count). The van der Waals surface area contributed by atoms with Crippen molar-refractivity contribution in [3.63, 3.8) is 0 Å². The summed E-state index contributed by atoms with van der Waals surface area (Å²) in [6, 6.07) is 0. The Morgan fingerprint density at radius 1 is 1.29 bits per heavy atom. The summed E-state index contributed by atoms with van der Waals surface area (Å²) in [6.45, 7) is 4.95. The number of aryl methyl sites for hydroxylation is 1. The summed E-state index contributed by atoms with van der Waals surface area (Å²) in [4.78, 5) is 12.9. The van der Waals surface area contributed by atoms with Gasteiger partial charge in [-0.05, 0) is 13.8 Å². The van der Waals surface area contributed by atoms with Crippen molar-refractivity contribution in [1.82, 2.24) is 19.5 Å². The SMILES string of the molecule is CCNc1ncnc(Cc2nccn2C)c1C. The van der Waals surface area contributed by atoms with Crippen molar-refractivity contribution in [2.45, 2.75) is 20.3 Å². The Kier molecular flexibility index (Phi) is 3.37. The summed E-state index contributed by atoms with van der Waals surface area (Å²) in [5.41, 5.74) is 2.11. The minimum atomic E-state index is 0.732. The van der Waals surface area contributed by atoms with Gasteiger partial charge in [0.2, 0.25) is 0 Å². The van der Waals surface area contributed by atoms with E-state index in [1.807, 2.05) is 24.7 Å². The molecule has 0 radical (unpaired) electrons. The van der Waals surface area contributed by atoms with Crippen LogP contribution in [0.2, 0.25) is 0 Å². The van der Waals surface area contributed by atoms with Gasteiger partial charge in [0.05, 0.1) is 5.69 Å². The molecule has 0 aromatic carbocycles. The Bertz CT molecular complexity index is 503. The summed E-state index contributed by atoms with van der Waals surface area (Å²) in [5.74, 6) is 1.92. The zero-order valence-corrected chi connectivity index (χ0v) is 10.4. The molecule has 0 amide bonds. The standard InChI is InChI=1S/C12H17N5/c1-4-13-12-9(2)10(15-8-16-12)7-11-14-5-6-17(11)3/h5-6,8H,4,7H2,1-3H3,(H,13,15,16). The highest BCUT2D eigenvalue weighted by molar-refractivity contribution is 5.45. The number of aromatic nitrogens is 4. The Hall–Kier alpha value is -1.91. The van der Waals surface area contributed by atoms with Gasteiger partial charge in [0.25, 0.3) is 0 Å². The molecular formula is C12H17N5. The Morgan fingerprint density at radius 3 is 2.76 bits per heavy atom. The summed E-state index contributed by atoms with van der Waals surface area (Å²) in [7, 11) is 1.99. The van der Waals surface area contributed by atoms with Crippen molar-refractivity contribution < 1.29 is 0 Å². The van der Waals surface area contributed by atoms with Gasteiger partial charge in [-0.2, -0.15) is 0 Å². The van der Waals surface area contributed by atoms with Crippen LogP contribution < -0.4 is 5.32 Å². The maximum absolute atomic E-state index is 4.33. The van der Waals surface area contributed by atoms with Gasteiger partial charge >= 0.3 is 0 Å². The van der Waals surface area contributed by atoms with Crippen LogP contribution in [-0.4, -0.2) is 26.1 Å². The minimum absolute atomic E-state index is 0.732. The number of nitrogens with one attached hydrogen (secondary N) is 1. The van der Waals surface area contributed by atoms with Gasteiger partial charge in [-0.3, -0.25) is 0 Å². The van der Waals surface area contributed by atoms with Gasteiger partial charge < -0.3 is 9.88 Å². The number of hydrogen-bond donors (Lipinski definition) is 1. The van der Waals surface area contributed by atoms with E-state index in [1.165, 1.54) is 0 Å². The van der Waals surface area contributed by atoms with Crippen molar-refractivity contribution in [2.24, 2.45) is 7.05 Å². The van der Waals surface area contributed by atoms with Crippen LogP contribution in [0.5, 0.6) is 0 Å². The predicted molar refractivity (Wildman–Crippen MR) is 66.9 cm³/mol. The van der Waals surface area contributed by atoms with Gasteiger partial charge in [-0.1, -0.05) is 0 Å². The molecule has 0 fully saturated rings. The molecule has 0 aliphatic carbocycles. The lowest BCUT2D eigenvalue weighted by atomic mass is 10.1. The van der Waals surface area contributed by atoms with Gasteiger partial charge in [-0.25, -0.2) is 15.0 Å². The molecule has 0 unspecified atom stereocenters. The molecule has 90 valence electrons. The van der Waals surface area contributed by atoms with Crippen molar-refractivity contribution in [1.29, 1.82) is 0 Å². The van der Waals surface area contributed by atoms with Crippen LogP contribution in [0.15, 0.2) is 18.7 Å². The van der Waals surface area contributed by atoms with Crippen molar-refractivity contribution in [2.75, 3.05) is 11.9 Å². The molecule has 0 bridgehead atoms. The van der Waals surface area contributed by atoms with E-state index in [9.17, 15) is 0 Å². The highest BCUT2D eigenvalue weighted by atomic mass is 15.0. The number of imidazole rings is 1. The highest BCUT2D eigenvalue weighted by Crippen LogP contribution is 2.15. The average Bonchev–Trinajstić information content (AvgIpc) is 2.70. The van der Waals surface area contributed by atoms with Crippen LogP contribution >= 0.6 is 0 Å². The molecule has 5 heteroatoms. The molecule has 2 heterocycles. The van der Waals surface area contributed by atoms with Crippen molar-refractivity contribution in [3.05, 3.63) is 35.8 Å². The summed E-state index contributed by atoms with van der Waals surface area (Å²) >= 11 is 0. The van der Waals surface area contributed by atoms with E-state index < -0.39 is 0 Å². The molecular weight excluding hydrogens is 214 g/mol. The lowest BCUT2D eigenvalue weighted by Crippen LogP contribution is -2.07. The predicted octanol–water partition coefficient (Wildman–Crippen LogP) is 1.54. The highest BCUT2D eigenvalue weighted by Gasteiger charge is 2.09. The molecule has 0 saturated carbocycles. The molecule has 0 saturated heterocycles. The van der Waals surface area contributed by atoms with E-state index in [1.54, 1.807) is 12.5 Å². The van der Waals surface area contributed by atoms with Crippen LogP contribution in [-0.2, 0) is 13.5 Å². The van der Waals surface area contributed by atoms with E-state index in [4.69, 9.17) is 0 Å². The fourth-order valence-corrected chi connectivity index (χ4v) is 1.73. The second-order valence-electron chi connectivity index (χ2n) is 3.96. The van der Waals surface area contributed by atoms with Crippen molar-refractivity contribution in [3.8, 4) is 0 Å². The summed E-state index contributed by atoms with van der Waals surface area (Å²) in [5, 5.41) is 3.23. The first kappa shape index (κ1) is 11.6. The topological polar surface area (TPSA) is 55.6 Å². The maximum atomic E-state index is 4.33. The van der Waals surface area contributed by atoms with Crippen LogP contribution in [0.3, 0.4) is 0 Å². The first-order valence-electron chi connectivity index (χ1n) is 5.73. The molecule has 0 aliphatic heterocycles. The molecule has 0 aliphatic rings. The molecule has 17 heavy (non-hydrogen) atoms. The number of nitrogens with zero attached hydrogens (tertiary/aromatic N) is 4. The molecule has 0 spiro atoms. The monoisotopic (exact) mass is 231 g/mol. The summed E-state index contributed by atoms with van der Waals surface area (Å²) in [6.07, 6.45) is 6.08. The first-order chi connectivity index (χ1) is 8.22. The lowest BCUT2D eigenvalue weighted by molar-refractivity contribution is 0.805. The molecule has 0 atom stereocenters. The zero-order valence-electron chi connectivity index (χ0n) is 10.4. The largest absolute Gasteiger partial charge is 0.370 e. The van der Waals surface area contributed by atoms with Gasteiger partial charge in [-0.15, -0.1) is 0 Å². The van der Waals surface area contributed by atoms with Crippen LogP contribution in [0, 0.1) is 6.92 Å². The van der Waals surface area contributed by atoms with E-state index in [-0.39, 0.29) is 0 Å². The first-order valence-corrected chi connectivity index (χ1v) is 5.73. The molecule has 5 nitrogen and oxygen atoms in total. The average molecular weight is 231 g/mol. The zero-order chi connectivity index (χ0) is 12.3. The third-order valence-electron chi connectivity index (χ3n) is 2.78. The third-order valence-corrected chi connectivity index (χ3v) is 2.78. The quantitative estimate of drug-likeness (QED) is 0.867. The fraction of sp³-hybridized carbons (Fsp3) is 0.417. The van der Waals surface area contributed by atoms with Crippen molar-refractivity contribution >= 4 is 5.82 Å².